The molecule has 0 fully saturated rings. The Morgan fingerprint density at radius 1 is 1.12 bits per heavy atom. The van der Waals surface area contributed by atoms with Crippen molar-refractivity contribution in [3.63, 3.8) is 0 Å². The normalized spacial score (nSPS) is 12.6. The van der Waals surface area contributed by atoms with Gasteiger partial charge in [-0.05, 0) is 43.9 Å². The number of hydrogen-bond donors (Lipinski definition) is 1. The molecule has 0 atom stereocenters. The van der Waals surface area contributed by atoms with Gasteiger partial charge in [0.2, 0.25) is 0 Å². The van der Waals surface area contributed by atoms with Crippen molar-refractivity contribution in [3.05, 3.63) is 64.6 Å². The Kier molecular flexibility index (Phi) is 3.46. The second-order valence-electron chi connectivity index (χ2n) is 6.23. The van der Waals surface area contributed by atoms with Crippen molar-refractivity contribution in [2.75, 3.05) is 19.4 Å². The minimum Gasteiger partial charge on any atom is -0.367 e. The fourth-order valence-electron chi connectivity index (χ4n) is 3.01. The Hall–Kier alpha value is -2.86. The van der Waals surface area contributed by atoms with Gasteiger partial charge in [-0.3, -0.25) is 4.57 Å². The van der Waals surface area contributed by atoms with Crippen LogP contribution in [0.2, 0.25) is 0 Å². The van der Waals surface area contributed by atoms with E-state index in [1.54, 1.807) is 4.57 Å². The average Bonchev–Trinajstić information content (AvgIpc) is 2.92. The molecule has 0 amide bonds. The van der Waals surface area contributed by atoms with Crippen LogP contribution in [0, 0.1) is 0 Å². The first-order chi connectivity index (χ1) is 11.6. The van der Waals surface area contributed by atoms with E-state index in [0.29, 0.717) is 12.5 Å². The van der Waals surface area contributed by atoms with E-state index in [1.165, 1.54) is 10.2 Å². The Balaban J connectivity index is 1.76. The van der Waals surface area contributed by atoms with Gasteiger partial charge in [0.05, 0.1) is 12.4 Å². The maximum absolute atomic E-state index is 12.7. The third-order valence-electron chi connectivity index (χ3n) is 4.14. The van der Waals surface area contributed by atoms with Gasteiger partial charge < -0.3 is 10.2 Å². The van der Waals surface area contributed by atoms with Gasteiger partial charge in [-0.2, -0.15) is 4.68 Å². The van der Waals surface area contributed by atoms with E-state index in [9.17, 15) is 4.79 Å². The van der Waals surface area contributed by atoms with Crippen LogP contribution in [0.25, 0.3) is 17.1 Å². The number of fused-ring (bicyclic) bond motifs is 3. The summed E-state index contributed by atoms with van der Waals surface area (Å²) >= 11 is 0. The molecule has 0 unspecified atom stereocenters. The van der Waals surface area contributed by atoms with Gasteiger partial charge in [-0.15, -0.1) is 5.10 Å². The van der Waals surface area contributed by atoms with Crippen LogP contribution in [-0.2, 0) is 13.2 Å². The molecule has 6 nitrogen and oxygen atoms in total. The molecule has 0 aliphatic carbocycles. The third-order valence-corrected chi connectivity index (χ3v) is 4.14. The van der Waals surface area contributed by atoms with Crippen LogP contribution in [0.3, 0.4) is 0 Å². The second-order valence-corrected chi connectivity index (χ2v) is 6.23. The predicted molar refractivity (Wildman–Crippen MR) is 94.3 cm³/mol. The van der Waals surface area contributed by atoms with Crippen LogP contribution in [0.5, 0.6) is 0 Å². The number of hydrogen-bond acceptors (Lipinski definition) is 4. The standard InChI is InChI=1S/C18H19N5O/c1-21(2)11-13-7-9-14(10-8-13)23-18(24)22-12-19-16-6-4-3-5-15(16)17(22)20-23/h3-10,19H,11-12H2,1-2H3. The quantitative estimate of drug-likeness (QED) is 0.803. The van der Waals surface area contributed by atoms with E-state index in [1.807, 2.05) is 62.6 Å². The maximum Gasteiger partial charge on any atom is 0.352 e. The smallest absolute Gasteiger partial charge is 0.352 e. The summed E-state index contributed by atoms with van der Waals surface area (Å²) < 4.78 is 3.13. The zero-order valence-electron chi connectivity index (χ0n) is 13.7. The van der Waals surface area contributed by atoms with Crippen molar-refractivity contribution >= 4 is 5.69 Å². The molecule has 0 saturated carbocycles. The van der Waals surface area contributed by atoms with Gasteiger partial charge in [-0.25, -0.2) is 4.79 Å². The molecule has 0 radical (unpaired) electrons. The molecule has 6 heteroatoms. The number of para-hydroxylation sites is 1. The summed E-state index contributed by atoms with van der Waals surface area (Å²) in [6.07, 6.45) is 0. The van der Waals surface area contributed by atoms with E-state index in [2.05, 4.69) is 15.3 Å². The summed E-state index contributed by atoms with van der Waals surface area (Å²) in [5.74, 6) is 0.701. The topological polar surface area (TPSA) is 55.1 Å². The highest BCUT2D eigenvalue weighted by Crippen LogP contribution is 2.29. The number of nitrogens with zero attached hydrogens (tertiary/aromatic N) is 4. The first kappa shape index (κ1) is 14.7. The Labute approximate surface area is 140 Å². The van der Waals surface area contributed by atoms with Crippen molar-refractivity contribution in [2.45, 2.75) is 13.2 Å². The van der Waals surface area contributed by atoms with Gasteiger partial charge in [-0.1, -0.05) is 24.3 Å². The van der Waals surface area contributed by atoms with Crippen LogP contribution < -0.4 is 11.0 Å². The molecule has 3 aromatic rings. The van der Waals surface area contributed by atoms with Gasteiger partial charge in [0.25, 0.3) is 0 Å². The zero-order valence-corrected chi connectivity index (χ0v) is 13.7. The molecule has 1 N–H and O–H groups in total. The van der Waals surface area contributed by atoms with Crippen LogP contribution in [0.1, 0.15) is 5.56 Å². The molecule has 2 heterocycles. The van der Waals surface area contributed by atoms with Gasteiger partial charge in [0.15, 0.2) is 5.82 Å². The molecule has 1 aliphatic heterocycles. The second kappa shape index (κ2) is 5.65. The Morgan fingerprint density at radius 2 is 1.88 bits per heavy atom. The molecule has 0 saturated heterocycles. The van der Waals surface area contributed by atoms with E-state index < -0.39 is 0 Å². The van der Waals surface area contributed by atoms with E-state index in [0.717, 1.165) is 23.5 Å². The molecule has 0 bridgehead atoms. The summed E-state index contributed by atoms with van der Waals surface area (Å²) in [5.41, 5.74) is 3.80. The molecule has 24 heavy (non-hydrogen) atoms. The van der Waals surface area contributed by atoms with Gasteiger partial charge in [0, 0.05) is 17.8 Å². The minimum absolute atomic E-state index is 0.132. The molecular formula is C18H19N5O. The summed E-state index contributed by atoms with van der Waals surface area (Å²) in [7, 11) is 4.07. The number of benzene rings is 2. The van der Waals surface area contributed by atoms with Crippen molar-refractivity contribution in [2.24, 2.45) is 0 Å². The van der Waals surface area contributed by atoms with Crippen LogP contribution in [0.15, 0.2) is 53.3 Å². The minimum atomic E-state index is -0.132. The fourth-order valence-corrected chi connectivity index (χ4v) is 3.01. The summed E-state index contributed by atoms with van der Waals surface area (Å²) in [6, 6.07) is 15.9. The maximum atomic E-state index is 12.7. The Morgan fingerprint density at radius 3 is 2.62 bits per heavy atom. The van der Waals surface area contributed by atoms with Gasteiger partial charge >= 0.3 is 5.69 Å². The van der Waals surface area contributed by atoms with Crippen LogP contribution in [-0.4, -0.2) is 33.3 Å². The van der Waals surface area contributed by atoms with Crippen LogP contribution in [0.4, 0.5) is 5.69 Å². The fraction of sp³-hybridized carbons (Fsp3) is 0.222. The first-order valence-electron chi connectivity index (χ1n) is 7.90. The molecule has 1 aromatic heterocycles. The largest absolute Gasteiger partial charge is 0.367 e. The molecule has 0 spiro atoms. The highest BCUT2D eigenvalue weighted by atomic mass is 16.2. The van der Waals surface area contributed by atoms with E-state index in [-0.39, 0.29) is 5.69 Å². The lowest BCUT2D eigenvalue weighted by Gasteiger charge is -2.17. The number of nitrogens with one attached hydrogen (secondary N) is 1. The Bertz CT molecular complexity index is 937. The van der Waals surface area contributed by atoms with Crippen LogP contribution >= 0.6 is 0 Å². The van der Waals surface area contributed by atoms with Crippen molar-refractivity contribution in [3.8, 4) is 17.1 Å². The number of anilines is 1. The average molecular weight is 321 g/mol. The van der Waals surface area contributed by atoms with Gasteiger partial charge in [0.1, 0.15) is 0 Å². The van der Waals surface area contributed by atoms with Crippen molar-refractivity contribution in [1.82, 2.24) is 19.2 Å². The summed E-state index contributed by atoms with van der Waals surface area (Å²) in [5, 5.41) is 7.83. The summed E-state index contributed by atoms with van der Waals surface area (Å²) in [6.45, 7) is 1.30. The highest BCUT2D eigenvalue weighted by molar-refractivity contribution is 5.75. The molecule has 2 aromatic carbocycles. The highest BCUT2D eigenvalue weighted by Gasteiger charge is 2.21. The SMILES string of the molecule is CN(C)Cc1ccc(-n2nc3n(c2=O)CNc2ccccc2-3)cc1. The number of aromatic nitrogens is 3. The number of rotatable bonds is 3. The molecular weight excluding hydrogens is 302 g/mol. The lowest BCUT2D eigenvalue weighted by atomic mass is 10.1. The molecule has 1 aliphatic rings. The molecule has 122 valence electrons. The van der Waals surface area contributed by atoms with Crippen molar-refractivity contribution < 1.29 is 0 Å². The summed E-state index contributed by atoms with van der Waals surface area (Å²) in [4.78, 5) is 14.8. The lowest BCUT2D eigenvalue weighted by Crippen LogP contribution is -2.28. The van der Waals surface area contributed by atoms with Crippen molar-refractivity contribution in [1.29, 1.82) is 0 Å². The van der Waals surface area contributed by atoms with E-state index in [4.69, 9.17) is 0 Å². The monoisotopic (exact) mass is 321 g/mol. The molecule has 4 rings (SSSR count). The first-order valence-corrected chi connectivity index (χ1v) is 7.90. The lowest BCUT2D eigenvalue weighted by molar-refractivity contribution is 0.402. The third kappa shape index (κ3) is 2.41. The van der Waals surface area contributed by atoms with E-state index >= 15 is 0 Å². The zero-order chi connectivity index (χ0) is 16.7. The predicted octanol–water partition coefficient (Wildman–Crippen LogP) is 2.15.